The Morgan fingerprint density at radius 2 is 2.14 bits per heavy atom. The van der Waals surface area contributed by atoms with Crippen molar-refractivity contribution in [2.45, 2.75) is 58.6 Å². The minimum atomic E-state index is -0.105. The first-order valence-electron chi connectivity index (χ1n) is 10.7. The van der Waals surface area contributed by atoms with E-state index in [4.69, 9.17) is 9.47 Å². The molecule has 5 heteroatoms. The van der Waals surface area contributed by atoms with Crippen LogP contribution in [0.4, 0.5) is 0 Å². The van der Waals surface area contributed by atoms with E-state index in [1.807, 2.05) is 19.1 Å². The van der Waals surface area contributed by atoms with Crippen molar-refractivity contribution in [3.05, 3.63) is 29.8 Å². The number of nitrogens with one attached hydrogen (secondary N) is 1. The predicted octanol–water partition coefficient (Wildman–Crippen LogP) is 3.47. The molecule has 154 valence electrons. The summed E-state index contributed by atoms with van der Waals surface area (Å²) < 4.78 is 12.3. The third kappa shape index (κ3) is 2.94. The number of ether oxygens (including phenoxy) is 2. The minimum Gasteiger partial charge on any atom is -0.493 e. The van der Waals surface area contributed by atoms with Crippen molar-refractivity contribution in [1.29, 1.82) is 0 Å². The second-order valence-corrected chi connectivity index (χ2v) is 9.28. The van der Waals surface area contributed by atoms with Crippen molar-refractivity contribution in [2.24, 2.45) is 22.7 Å². The molecule has 28 heavy (non-hydrogen) atoms. The van der Waals surface area contributed by atoms with Crippen molar-refractivity contribution in [3.63, 3.8) is 0 Å². The molecule has 2 N–H and O–H groups in total. The molecule has 4 rings (SSSR count). The number of carbonyl (C=O) groups is 1. The molecule has 2 saturated carbocycles. The van der Waals surface area contributed by atoms with Crippen LogP contribution < -0.4 is 10.1 Å². The molecule has 1 saturated heterocycles. The lowest BCUT2D eigenvalue weighted by Crippen LogP contribution is -2.59. The average Bonchev–Trinajstić information content (AvgIpc) is 3.15. The van der Waals surface area contributed by atoms with Crippen LogP contribution in [0.5, 0.6) is 5.75 Å². The van der Waals surface area contributed by atoms with Crippen LogP contribution in [-0.2, 0) is 9.53 Å². The molecular formula is C23H33NO4. The number of aliphatic hydroxyl groups excluding tert-OH is 1. The summed E-state index contributed by atoms with van der Waals surface area (Å²) in [6, 6.07) is 8.34. The normalized spacial score (nSPS) is 35.4. The van der Waals surface area contributed by atoms with Gasteiger partial charge in [-0.15, -0.1) is 0 Å². The van der Waals surface area contributed by atoms with Crippen LogP contribution in [0.2, 0.25) is 0 Å². The Morgan fingerprint density at radius 3 is 2.89 bits per heavy atom. The second kappa shape index (κ2) is 7.34. The quantitative estimate of drug-likeness (QED) is 0.784. The molecule has 1 aromatic rings. The molecule has 1 unspecified atom stereocenters. The van der Waals surface area contributed by atoms with Crippen LogP contribution >= 0.6 is 0 Å². The number of rotatable bonds is 6. The molecule has 1 amide bonds. The molecule has 2 aliphatic carbocycles. The fraction of sp³-hybridized carbons (Fsp3) is 0.696. The maximum Gasteiger partial charge on any atom is 0.222 e. The van der Waals surface area contributed by atoms with Crippen LogP contribution in [0, 0.1) is 22.7 Å². The largest absolute Gasteiger partial charge is 0.493 e. The number of hydrogen-bond acceptors (Lipinski definition) is 4. The molecule has 0 radical (unpaired) electrons. The number of amides is 1. The smallest absolute Gasteiger partial charge is 0.222 e. The Kier molecular flexibility index (Phi) is 5.17. The molecule has 5 nitrogen and oxygen atoms in total. The van der Waals surface area contributed by atoms with E-state index in [1.54, 1.807) is 0 Å². The van der Waals surface area contributed by atoms with E-state index in [1.165, 1.54) is 0 Å². The van der Waals surface area contributed by atoms with E-state index in [-0.39, 0.29) is 41.9 Å². The predicted molar refractivity (Wildman–Crippen MR) is 107 cm³/mol. The highest BCUT2D eigenvalue weighted by atomic mass is 16.5. The standard InChI is InChI=1S/C23H33NO4/c1-4-27-18-8-6-5-7-16(18)20-17-13-15-14-23(17,10-12-28-20)21(22(15,2)3)24-19(26)9-11-25/h5-8,15,17,20-21,25H,4,9-14H2,1-3H3,(H,24,26)/t15-,17-,20-,21+,23?/m1/s1. The Balaban J connectivity index is 1.68. The van der Waals surface area contributed by atoms with Gasteiger partial charge in [-0.05, 0) is 54.9 Å². The molecule has 5 atom stereocenters. The minimum absolute atomic E-state index is 0.00911. The lowest BCUT2D eigenvalue weighted by molar-refractivity contribution is -0.138. The van der Waals surface area contributed by atoms with Gasteiger partial charge < -0.3 is 19.9 Å². The first kappa shape index (κ1) is 19.7. The van der Waals surface area contributed by atoms with Crippen LogP contribution in [0.25, 0.3) is 0 Å². The summed E-state index contributed by atoms with van der Waals surface area (Å²) in [5.41, 5.74) is 1.25. The van der Waals surface area contributed by atoms with E-state index in [9.17, 15) is 9.90 Å². The molecule has 3 aliphatic rings. The molecular weight excluding hydrogens is 354 g/mol. The van der Waals surface area contributed by atoms with E-state index < -0.39 is 0 Å². The van der Waals surface area contributed by atoms with Gasteiger partial charge in [-0.2, -0.15) is 0 Å². The van der Waals surface area contributed by atoms with Gasteiger partial charge in [-0.1, -0.05) is 32.0 Å². The maximum atomic E-state index is 12.4. The number of carbonyl (C=O) groups excluding carboxylic acids is 1. The van der Waals surface area contributed by atoms with Gasteiger partial charge in [-0.3, -0.25) is 4.79 Å². The zero-order valence-corrected chi connectivity index (χ0v) is 17.2. The van der Waals surface area contributed by atoms with Crippen LogP contribution in [0.15, 0.2) is 24.3 Å². The van der Waals surface area contributed by atoms with Gasteiger partial charge in [0.05, 0.1) is 19.3 Å². The third-order valence-corrected chi connectivity index (χ3v) is 7.67. The molecule has 2 bridgehead atoms. The highest BCUT2D eigenvalue weighted by molar-refractivity contribution is 5.76. The molecule has 1 heterocycles. The van der Waals surface area contributed by atoms with Gasteiger partial charge in [0, 0.05) is 24.6 Å². The van der Waals surface area contributed by atoms with Crippen molar-refractivity contribution < 1.29 is 19.4 Å². The first-order chi connectivity index (χ1) is 13.4. The number of para-hydroxylation sites is 1. The maximum absolute atomic E-state index is 12.4. The van der Waals surface area contributed by atoms with Crippen LogP contribution in [0.1, 0.15) is 58.1 Å². The van der Waals surface area contributed by atoms with E-state index in [0.717, 1.165) is 30.6 Å². The van der Waals surface area contributed by atoms with Gasteiger partial charge in [0.2, 0.25) is 5.91 Å². The average molecular weight is 388 g/mol. The SMILES string of the molecule is CCOc1ccccc1[C@H]1OCCC23C[C@@H](C[C@H]12)C(C)(C)[C@@H]3NC(=O)CCO. The summed E-state index contributed by atoms with van der Waals surface area (Å²) in [5.74, 6) is 1.81. The molecule has 3 fully saturated rings. The molecule has 1 aromatic carbocycles. The Bertz CT molecular complexity index is 733. The summed E-state index contributed by atoms with van der Waals surface area (Å²) in [7, 11) is 0. The van der Waals surface area contributed by atoms with E-state index in [2.05, 4.69) is 31.3 Å². The van der Waals surface area contributed by atoms with E-state index >= 15 is 0 Å². The lowest BCUT2D eigenvalue weighted by Gasteiger charge is -2.53. The summed E-state index contributed by atoms with van der Waals surface area (Å²) in [6.07, 6.45) is 3.44. The van der Waals surface area contributed by atoms with Gasteiger partial charge in [0.15, 0.2) is 0 Å². The van der Waals surface area contributed by atoms with Crippen molar-refractivity contribution in [1.82, 2.24) is 5.32 Å². The zero-order chi connectivity index (χ0) is 19.9. The Hall–Kier alpha value is -1.59. The molecule has 1 aliphatic heterocycles. The highest BCUT2D eigenvalue weighted by Crippen LogP contribution is 2.70. The fourth-order valence-corrected chi connectivity index (χ4v) is 6.43. The van der Waals surface area contributed by atoms with Gasteiger partial charge >= 0.3 is 0 Å². The summed E-state index contributed by atoms with van der Waals surface area (Å²) in [5, 5.41) is 12.5. The van der Waals surface area contributed by atoms with Gasteiger partial charge in [0.25, 0.3) is 0 Å². The zero-order valence-electron chi connectivity index (χ0n) is 17.2. The van der Waals surface area contributed by atoms with Crippen molar-refractivity contribution in [3.8, 4) is 5.75 Å². The third-order valence-electron chi connectivity index (χ3n) is 7.67. The number of fused-ring (bicyclic) bond motifs is 1. The number of benzene rings is 1. The fourth-order valence-electron chi connectivity index (χ4n) is 6.43. The van der Waals surface area contributed by atoms with Gasteiger partial charge in [-0.25, -0.2) is 0 Å². The summed E-state index contributed by atoms with van der Waals surface area (Å²) >= 11 is 0. The number of hydrogen-bond donors (Lipinski definition) is 2. The van der Waals surface area contributed by atoms with Crippen molar-refractivity contribution in [2.75, 3.05) is 19.8 Å². The van der Waals surface area contributed by atoms with Crippen LogP contribution in [0.3, 0.4) is 0 Å². The monoisotopic (exact) mass is 387 g/mol. The first-order valence-corrected chi connectivity index (χ1v) is 10.7. The highest BCUT2D eigenvalue weighted by Gasteiger charge is 2.68. The molecule has 1 spiro atoms. The Labute approximate surface area is 167 Å². The van der Waals surface area contributed by atoms with Crippen LogP contribution in [-0.4, -0.2) is 36.9 Å². The Morgan fingerprint density at radius 1 is 1.36 bits per heavy atom. The summed E-state index contributed by atoms with van der Waals surface area (Å²) in [4.78, 5) is 12.4. The summed E-state index contributed by atoms with van der Waals surface area (Å²) in [6.45, 7) is 7.83. The lowest BCUT2D eigenvalue weighted by atomic mass is 9.58. The molecule has 0 aromatic heterocycles. The second-order valence-electron chi connectivity index (χ2n) is 9.28. The van der Waals surface area contributed by atoms with Gasteiger partial charge in [0.1, 0.15) is 5.75 Å². The van der Waals surface area contributed by atoms with Crippen molar-refractivity contribution >= 4 is 5.91 Å². The van der Waals surface area contributed by atoms with E-state index in [0.29, 0.717) is 25.0 Å². The topological polar surface area (TPSA) is 67.8 Å². The number of aliphatic hydroxyl groups is 1.